The van der Waals surface area contributed by atoms with Crippen LogP contribution in [0.2, 0.25) is 0 Å². The summed E-state index contributed by atoms with van der Waals surface area (Å²) in [6.45, 7) is 8.35. The fourth-order valence-electron chi connectivity index (χ4n) is 2.81. The highest BCUT2D eigenvalue weighted by Gasteiger charge is 2.19. The van der Waals surface area contributed by atoms with Crippen LogP contribution in [0.1, 0.15) is 39.9 Å². The molecule has 4 aromatic rings. The second kappa shape index (κ2) is 8.00. The van der Waals surface area contributed by atoms with Crippen LogP contribution < -0.4 is 10.5 Å². The molecule has 3 aromatic heterocycles. The zero-order valence-electron chi connectivity index (χ0n) is 16.6. The average Bonchev–Trinajstić information content (AvgIpc) is 3.25. The fraction of sp³-hybridized carbons (Fsp3) is 0.300. The lowest BCUT2D eigenvalue weighted by Gasteiger charge is -2.08. The molecule has 0 spiro atoms. The minimum absolute atomic E-state index is 0.0873. The molecule has 2 N–H and O–H groups in total. The molecule has 0 radical (unpaired) electrons. The van der Waals surface area contributed by atoms with Gasteiger partial charge in [-0.05, 0) is 45.4 Å². The lowest BCUT2D eigenvalue weighted by atomic mass is 10.2. The van der Waals surface area contributed by atoms with Crippen LogP contribution in [0.15, 0.2) is 33.9 Å². The normalized spacial score (nSPS) is 12.4. The molecular formula is C20H21N5O2S2. The van der Waals surface area contributed by atoms with E-state index in [9.17, 15) is 0 Å². The number of hydrogen-bond donors (Lipinski definition) is 1. The molecule has 3 heterocycles. The molecule has 150 valence electrons. The lowest BCUT2D eigenvalue weighted by molar-refractivity contribution is 0.252. The summed E-state index contributed by atoms with van der Waals surface area (Å²) in [7, 11) is 0. The van der Waals surface area contributed by atoms with Crippen molar-refractivity contribution < 1.29 is 9.15 Å². The number of rotatable bonds is 6. The molecule has 0 aliphatic carbocycles. The average molecular weight is 428 g/mol. The smallest absolute Gasteiger partial charge is 0.277 e. The Morgan fingerprint density at radius 1 is 1.14 bits per heavy atom. The second-order valence-corrected chi connectivity index (χ2v) is 9.25. The number of nitrogens with zero attached hydrogens (tertiary/aromatic N) is 4. The number of hydrogen-bond acceptors (Lipinski definition) is 9. The zero-order chi connectivity index (χ0) is 20.5. The summed E-state index contributed by atoms with van der Waals surface area (Å²) < 4.78 is 11.4. The van der Waals surface area contributed by atoms with Gasteiger partial charge in [0.1, 0.15) is 22.2 Å². The third-order valence-corrected chi connectivity index (χ3v) is 6.58. The zero-order valence-corrected chi connectivity index (χ0v) is 18.2. The first-order valence-electron chi connectivity index (χ1n) is 9.12. The van der Waals surface area contributed by atoms with Gasteiger partial charge in [-0.3, -0.25) is 0 Å². The highest BCUT2D eigenvalue weighted by atomic mass is 32.2. The van der Waals surface area contributed by atoms with Gasteiger partial charge in [0, 0.05) is 4.88 Å². The fourth-order valence-corrected chi connectivity index (χ4v) is 4.60. The SMILES string of the molecule is Cc1ccc(OCc2nnc(SC(C)c3nc(N)c4c(C)c(C)sc4n3)o2)cc1. The van der Waals surface area contributed by atoms with Crippen LogP contribution in [-0.2, 0) is 6.61 Å². The highest BCUT2D eigenvalue weighted by molar-refractivity contribution is 7.99. The molecule has 29 heavy (non-hydrogen) atoms. The van der Waals surface area contributed by atoms with Gasteiger partial charge in [-0.15, -0.1) is 21.5 Å². The first kappa shape index (κ1) is 19.7. The Kier molecular flexibility index (Phi) is 5.42. The Morgan fingerprint density at radius 2 is 1.90 bits per heavy atom. The standard InChI is InChI=1S/C20H21N5O2S2/c1-10-5-7-14(8-6-10)26-9-15-24-25-20(27-15)29-13(4)18-22-17(21)16-11(2)12(3)28-19(16)23-18/h5-8,13H,9H2,1-4H3,(H2,21,22,23). The Balaban J connectivity index is 1.44. The van der Waals surface area contributed by atoms with E-state index in [2.05, 4.69) is 22.1 Å². The minimum atomic E-state index is -0.0873. The number of aromatic nitrogens is 4. The van der Waals surface area contributed by atoms with Crippen molar-refractivity contribution in [2.45, 2.75) is 44.8 Å². The van der Waals surface area contributed by atoms with E-state index in [1.165, 1.54) is 22.2 Å². The number of thiophene rings is 1. The molecular weight excluding hydrogens is 406 g/mol. The Hall–Kier alpha value is -2.65. The summed E-state index contributed by atoms with van der Waals surface area (Å²) in [5.74, 6) is 2.34. The Bertz CT molecular complexity index is 1150. The van der Waals surface area contributed by atoms with Crippen LogP contribution in [0, 0.1) is 20.8 Å². The summed E-state index contributed by atoms with van der Waals surface area (Å²) >= 11 is 3.03. The topological polar surface area (TPSA) is 100.0 Å². The van der Waals surface area contributed by atoms with E-state index >= 15 is 0 Å². The number of fused-ring (bicyclic) bond motifs is 1. The third kappa shape index (κ3) is 4.20. The number of anilines is 1. The molecule has 0 fully saturated rings. The third-order valence-electron chi connectivity index (χ3n) is 4.55. The van der Waals surface area contributed by atoms with E-state index in [-0.39, 0.29) is 11.9 Å². The van der Waals surface area contributed by atoms with E-state index in [4.69, 9.17) is 19.9 Å². The maximum atomic E-state index is 6.19. The van der Waals surface area contributed by atoms with Gasteiger partial charge < -0.3 is 14.9 Å². The molecule has 1 atom stereocenters. The summed E-state index contributed by atoms with van der Waals surface area (Å²) in [6, 6.07) is 7.81. The maximum absolute atomic E-state index is 6.19. The molecule has 7 nitrogen and oxygen atoms in total. The molecule has 9 heteroatoms. The van der Waals surface area contributed by atoms with Crippen molar-refractivity contribution in [3.8, 4) is 5.75 Å². The maximum Gasteiger partial charge on any atom is 0.277 e. The van der Waals surface area contributed by atoms with Gasteiger partial charge in [-0.1, -0.05) is 29.5 Å². The predicted octanol–water partition coefficient (Wildman–Crippen LogP) is 5.01. The van der Waals surface area contributed by atoms with Gasteiger partial charge in [0.25, 0.3) is 11.1 Å². The van der Waals surface area contributed by atoms with E-state index < -0.39 is 0 Å². The van der Waals surface area contributed by atoms with Crippen LogP contribution >= 0.6 is 23.1 Å². The molecule has 4 rings (SSSR count). The number of thioether (sulfide) groups is 1. The van der Waals surface area contributed by atoms with Crippen molar-refractivity contribution in [1.82, 2.24) is 20.2 Å². The van der Waals surface area contributed by atoms with Crippen LogP contribution in [0.3, 0.4) is 0 Å². The van der Waals surface area contributed by atoms with E-state index in [1.54, 1.807) is 11.3 Å². The molecule has 0 bridgehead atoms. The molecule has 1 unspecified atom stereocenters. The Labute approximate surface area is 176 Å². The lowest BCUT2D eigenvalue weighted by Crippen LogP contribution is -2.02. The quantitative estimate of drug-likeness (QED) is 0.428. The van der Waals surface area contributed by atoms with Gasteiger partial charge in [-0.25, -0.2) is 9.97 Å². The van der Waals surface area contributed by atoms with Gasteiger partial charge >= 0.3 is 0 Å². The number of benzene rings is 1. The van der Waals surface area contributed by atoms with E-state index in [0.717, 1.165) is 21.5 Å². The number of nitrogen functional groups attached to an aromatic ring is 1. The summed E-state index contributed by atoms with van der Waals surface area (Å²) in [6.07, 6.45) is 0. The van der Waals surface area contributed by atoms with Crippen molar-refractivity contribution in [1.29, 1.82) is 0 Å². The van der Waals surface area contributed by atoms with Crippen molar-refractivity contribution in [2.24, 2.45) is 0 Å². The van der Waals surface area contributed by atoms with Crippen molar-refractivity contribution in [2.75, 3.05) is 5.73 Å². The van der Waals surface area contributed by atoms with Gasteiger partial charge in [0.2, 0.25) is 0 Å². The van der Waals surface area contributed by atoms with Gasteiger partial charge in [0.15, 0.2) is 6.61 Å². The van der Waals surface area contributed by atoms with Crippen molar-refractivity contribution in [3.63, 3.8) is 0 Å². The van der Waals surface area contributed by atoms with Gasteiger partial charge in [0.05, 0.1) is 10.6 Å². The largest absolute Gasteiger partial charge is 0.484 e. The van der Waals surface area contributed by atoms with Crippen LogP contribution in [-0.4, -0.2) is 20.2 Å². The van der Waals surface area contributed by atoms with Crippen molar-refractivity contribution >= 4 is 39.1 Å². The first-order chi connectivity index (χ1) is 13.9. The molecule has 0 amide bonds. The van der Waals surface area contributed by atoms with Crippen LogP contribution in [0.4, 0.5) is 5.82 Å². The first-order valence-corrected chi connectivity index (χ1v) is 10.8. The number of ether oxygens (including phenoxy) is 1. The highest BCUT2D eigenvalue weighted by Crippen LogP contribution is 2.37. The Morgan fingerprint density at radius 3 is 2.66 bits per heavy atom. The van der Waals surface area contributed by atoms with Crippen molar-refractivity contribution in [3.05, 3.63) is 52.0 Å². The monoisotopic (exact) mass is 427 g/mol. The molecule has 1 aromatic carbocycles. The second-order valence-electron chi connectivity index (χ2n) is 6.75. The number of aryl methyl sites for hydroxylation is 3. The van der Waals surface area contributed by atoms with Crippen LogP contribution in [0.25, 0.3) is 10.2 Å². The van der Waals surface area contributed by atoms with E-state index in [0.29, 0.717) is 22.8 Å². The molecule has 0 aliphatic rings. The van der Waals surface area contributed by atoms with E-state index in [1.807, 2.05) is 45.0 Å². The molecule has 0 saturated heterocycles. The minimum Gasteiger partial charge on any atom is -0.484 e. The summed E-state index contributed by atoms with van der Waals surface area (Å²) in [5.41, 5.74) is 8.51. The summed E-state index contributed by atoms with van der Waals surface area (Å²) in [5, 5.41) is 9.45. The predicted molar refractivity (Wildman–Crippen MR) is 115 cm³/mol. The molecule has 0 aliphatic heterocycles. The summed E-state index contributed by atoms with van der Waals surface area (Å²) in [4.78, 5) is 11.3. The van der Waals surface area contributed by atoms with Gasteiger partial charge in [-0.2, -0.15) is 0 Å². The number of nitrogens with two attached hydrogens (primary N) is 1. The molecule has 0 saturated carbocycles. The van der Waals surface area contributed by atoms with Crippen LogP contribution in [0.5, 0.6) is 5.75 Å².